The minimum atomic E-state index is -1.07. The highest BCUT2D eigenvalue weighted by atomic mass is 35.5. The summed E-state index contributed by atoms with van der Waals surface area (Å²) in [6.45, 7) is 3.69. The van der Waals surface area contributed by atoms with E-state index in [1.165, 1.54) is 7.11 Å². The SMILES string of the molecule is COc1ccc(-c2noc(C(C)C)c2C(=O)O)cc1Cl. The van der Waals surface area contributed by atoms with Crippen LogP contribution >= 0.6 is 11.6 Å². The highest BCUT2D eigenvalue weighted by Crippen LogP contribution is 2.34. The molecule has 0 radical (unpaired) electrons. The normalized spacial score (nSPS) is 10.8. The fraction of sp³-hybridized carbons (Fsp3) is 0.286. The maximum absolute atomic E-state index is 11.4. The summed E-state index contributed by atoms with van der Waals surface area (Å²) in [4.78, 5) is 11.4. The predicted octanol–water partition coefficient (Wildman–Crippen LogP) is 3.83. The standard InChI is InChI=1S/C14H14ClNO4/c1-7(2)13-11(14(17)18)12(16-20-13)8-4-5-10(19-3)9(15)6-8/h4-7H,1-3H3,(H,17,18). The molecule has 0 bridgehead atoms. The quantitative estimate of drug-likeness (QED) is 0.928. The Bertz CT molecular complexity index is 649. The summed E-state index contributed by atoms with van der Waals surface area (Å²) in [6, 6.07) is 4.96. The fourth-order valence-corrected chi connectivity index (χ4v) is 2.17. The summed E-state index contributed by atoms with van der Waals surface area (Å²) in [5.74, 6) is -0.285. The molecular formula is C14H14ClNO4. The number of hydrogen-bond donors (Lipinski definition) is 1. The van der Waals surface area contributed by atoms with Crippen molar-refractivity contribution in [2.75, 3.05) is 7.11 Å². The third kappa shape index (κ3) is 2.49. The molecule has 6 heteroatoms. The van der Waals surface area contributed by atoms with Crippen LogP contribution < -0.4 is 4.74 Å². The van der Waals surface area contributed by atoms with Crippen molar-refractivity contribution in [1.29, 1.82) is 0 Å². The van der Waals surface area contributed by atoms with Gasteiger partial charge in [-0.2, -0.15) is 0 Å². The van der Waals surface area contributed by atoms with E-state index in [4.69, 9.17) is 20.9 Å². The highest BCUT2D eigenvalue weighted by Gasteiger charge is 2.25. The van der Waals surface area contributed by atoms with Crippen molar-refractivity contribution < 1.29 is 19.2 Å². The van der Waals surface area contributed by atoms with Gasteiger partial charge in [0.15, 0.2) is 5.76 Å². The zero-order chi connectivity index (χ0) is 14.9. The van der Waals surface area contributed by atoms with Crippen molar-refractivity contribution in [3.8, 4) is 17.0 Å². The number of aromatic nitrogens is 1. The Kier molecular flexibility index (Phi) is 3.99. The number of carbonyl (C=O) groups is 1. The Hall–Kier alpha value is -2.01. The van der Waals surface area contributed by atoms with Gasteiger partial charge < -0.3 is 14.4 Å². The van der Waals surface area contributed by atoms with Gasteiger partial charge in [-0.3, -0.25) is 0 Å². The number of ether oxygens (including phenoxy) is 1. The predicted molar refractivity (Wildman–Crippen MR) is 74.5 cm³/mol. The van der Waals surface area contributed by atoms with E-state index in [2.05, 4.69) is 5.16 Å². The zero-order valence-electron chi connectivity index (χ0n) is 11.3. The van der Waals surface area contributed by atoms with E-state index in [1.54, 1.807) is 18.2 Å². The van der Waals surface area contributed by atoms with E-state index in [9.17, 15) is 9.90 Å². The van der Waals surface area contributed by atoms with Gasteiger partial charge in [-0.05, 0) is 18.2 Å². The Morgan fingerprint density at radius 1 is 1.45 bits per heavy atom. The molecule has 106 valence electrons. The molecule has 2 aromatic rings. The molecule has 0 saturated heterocycles. The molecule has 20 heavy (non-hydrogen) atoms. The highest BCUT2D eigenvalue weighted by molar-refractivity contribution is 6.32. The van der Waals surface area contributed by atoms with Crippen LogP contribution in [0, 0.1) is 0 Å². The fourth-order valence-electron chi connectivity index (χ4n) is 1.91. The van der Waals surface area contributed by atoms with Crippen LogP contribution in [0.5, 0.6) is 5.75 Å². The van der Waals surface area contributed by atoms with Crippen molar-refractivity contribution >= 4 is 17.6 Å². The Labute approximate surface area is 121 Å². The van der Waals surface area contributed by atoms with Gasteiger partial charge in [-0.1, -0.05) is 30.6 Å². The third-order valence-corrected chi connectivity index (χ3v) is 3.18. The van der Waals surface area contributed by atoms with Crippen molar-refractivity contribution in [1.82, 2.24) is 5.16 Å². The van der Waals surface area contributed by atoms with E-state index >= 15 is 0 Å². The molecule has 0 amide bonds. The Morgan fingerprint density at radius 3 is 2.65 bits per heavy atom. The first-order valence-electron chi connectivity index (χ1n) is 6.02. The van der Waals surface area contributed by atoms with Gasteiger partial charge in [0.25, 0.3) is 0 Å². The van der Waals surface area contributed by atoms with Crippen LogP contribution in [-0.2, 0) is 0 Å². The molecule has 1 N–H and O–H groups in total. The van der Waals surface area contributed by atoms with Crippen LogP contribution in [0.25, 0.3) is 11.3 Å². The minimum absolute atomic E-state index is 0.0706. The topological polar surface area (TPSA) is 72.6 Å². The Morgan fingerprint density at radius 2 is 2.15 bits per heavy atom. The number of halogens is 1. The van der Waals surface area contributed by atoms with Gasteiger partial charge in [-0.15, -0.1) is 0 Å². The molecule has 0 atom stereocenters. The van der Waals surface area contributed by atoms with Gasteiger partial charge in [0, 0.05) is 11.5 Å². The minimum Gasteiger partial charge on any atom is -0.495 e. The number of benzene rings is 1. The van der Waals surface area contributed by atoms with Crippen LogP contribution in [0.2, 0.25) is 5.02 Å². The number of carboxylic acids is 1. The van der Waals surface area contributed by atoms with Crippen molar-refractivity contribution in [2.45, 2.75) is 19.8 Å². The summed E-state index contributed by atoms with van der Waals surface area (Å²) in [6.07, 6.45) is 0. The van der Waals surface area contributed by atoms with Crippen LogP contribution in [0.4, 0.5) is 0 Å². The van der Waals surface area contributed by atoms with Gasteiger partial charge in [0.05, 0.1) is 12.1 Å². The second-order valence-corrected chi connectivity index (χ2v) is 4.99. The lowest BCUT2D eigenvalue weighted by Crippen LogP contribution is -2.02. The summed E-state index contributed by atoms with van der Waals surface area (Å²) in [5.41, 5.74) is 0.913. The lowest BCUT2D eigenvalue weighted by atomic mass is 10.0. The van der Waals surface area contributed by atoms with Gasteiger partial charge in [0.1, 0.15) is 17.0 Å². The van der Waals surface area contributed by atoms with Crippen LogP contribution in [0.15, 0.2) is 22.7 Å². The van der Waals surface area contributed by atoms with Crippen LogP contribution in [0.3, 0.4) is 0 Å². The first kappa shape index (κ1) is 14.4. The lowest BCUT2D eigenvalue weighted by molar-refractivity contribution is 0.0694. The monoisotopic (exact) mass is 295 g/mol. The molecule has 1 heterocycles. The maximum Gasteiger partial charge on any atom is 0.341 e. The third-order valence-electron chi connectivity index (χ3n) is 2.88. The molecule has 0 aliphatic heterocycles. The smallest absolute Gasteiger partial charge is 0.341 e. The molecule has 0 aliphatic carbocycles. The van der Waals surface area contributed by atoms with E-state index in [0.29, 0.717) is 22.1 Å². The van der Waals surface area contributed by atoms with Crippen molar-refractivity contribution in [2.24, 2.45) is 0 Å². The molecule has 0 saturated carbocycles. The molecule has 5 nitrogen and oxygen atoms in total. The zero-order valence-corrected chi connectivity index (χ0v) is 12.1. The van der Waals surface area contributed by atoms with Crippen LogP contribution in [0.1, 0.15) is 35.9 Å². The number of carboxylic acid groups (broad SMARTS) is 1. The molecule has 1 aromatic heterocycles. The van der Waals surface area contributed by atoms with E-state index < -0.39 is 5.97 Å². The average Bonchev–Trinajstić information content (AvgIpc) is 2.83. The van der Waals surface area contributed by atoms with Crippen molar-refractivity contribution in [3.63, 3.8) is 0 Å². The van der Waals surface area contributed by atoms with Crippen molar-refractivity contribution in [3.05, 3.63) is 34.5 Å². The first-order chi connectivity index (χ1) is 9.45. The molecule has 0 aliphatic rings. The van der Waals surface area contributed by atoms with Gasteiger partial charge >= 0.3 is 5.97 Å². The van der Waals surface area contributed by atoms with Gasteiger partial charge in [-0.25, -0.2) is 4.79 Å². The number of aromatic carboxylic acids is 1. The second kappa shape index (κ2) is 5.54. The molecule has 2 rings (SSSR count). The second-order valence-electron chi connectivity index (χ2n) is 4.58. The summed E-state index contributed by atoms with van der Waals surface area (Å²) in [5, 5.41) is 13.6. The van der Waals surface area contributed by atoms with E-state index in [0.717, 1.165) is 0 Å². The number of hydrogen-bond acceptors (Lipinski definition) is 4. The van der Waals surface area contributed by atoms with Gasteiger partial charge in [0.2, 0.25) is 0 Å². The van der Waals surface area contributed by atoms with E-state index in [-0.39, 0.29) is 17.2 Å². The molecule has 1 aromatic carbocycles. The molecule has 0 spiro atoms. The molecule has 0 fully saturated rings. The lowest BCUT2D eigenvalue weighted by Gasteiger charge is -2.05. The average molecular weight is 296 g/mol. The summed E-state index contributed by atoms with van der Waals surface area (Å²) in [7, 11) is 1.51. The maximum atomic E-state index is 11.4. The number of nitrogens with zero attached hydrogens (tertiary/aromatic N) is 1. The molecular weight excluding hydrogens is 282 g/mol. The summed E-state index contributed by atoms with van der Waals surface area (Å²) < 4.78 is 10.2. The Balaban J connectivity index is 2.58. The molecule has 0 unspecified atom stereocenters. The summed E-state index contributed by atoms with van der Waals surface area (Å²) >= 11 is 6.05. The number of methoxy groups -OCH3 is 1. The van der Waals surface area contributed by atoms with E-state index in [1.807, 2.05) is 13.8 Å². The number of rotatable bonds is 4. The van der Waals surface area contributed by atoms with Crippen LogP contribution in [-0.4, -0.2) is 23.3 Å². The largest absolute Gasteiger partial charge is 0.495 e. The first-order valence-corrected chi connectivity index (χ1v) is 6.40.